The van der Waals surface area contributed by atoms with Crippen LogP contribution in [-0.2, 0) is 4.79 Å². The van der Waals surface area contributed by atoms with E-state index in [4.69, 9.17) is 15.6 Å². The van der Waals surface area contributed by atoms with Gasteiger partial charge in [0.1, 0.15) is 0 Å². The predicted octanol–water partition coefficient (Wildman–Crippen LogP) is 1.78. The van der Waals surface area contributed by atoms with Gasteiger partial charge in [-0.2, -0.15) is 4.39 Å². The highest BCUT2D eigenvalue weighted by molar-refractivity contribution is 9.10. The van der Waals surface area contributed by atoms with Crippen molar-refractivity contribution in [1.82, 2.24) is 0 Å². The Bertz CT molecular complexity index is 452. The molecule has 0 spiro atoms. The maximum Gasteiger partial charge on any atom is 0.305 e. The van der Waals surface area contributed by atoms with Crippen molar-refractivity contribution in [3.05, 3.63) is 21.9 Å². The molecule has 0 saturated carbocycles. The normalized spacial score (nSPS) is 12.2. The minimum atomic E-state index is -1.13. The molecule has 0 saturated heterocycles. The van der Waals surface area contributed by atoms with Gasteiger partial charge in [-0.1, -0.05) is 0 Å². The second-order valence-corrected chi connectivity index (χ2v) is 4.20. The van der Waals surface area contributed by atoms with Crippen molar-refractivity contribution in [3.8, 4) is 11.5 Å². The maximum absolute atomic E-state index is 13.6. The molecule has 7 heteroatoms. The van der Waals surface area contributed by atoms with Crippen molar-refractivity contribution in [2.75, 3.05) is 7.11 Å². The topological polar surface area (TPSA) is 92.8 Å². The highest BCUT2D eigenvalue weighted by Gasteiger charge is 2.22. The lowest BCUT2D eigenvalue weighted by atomic mass is 10.0. The van der Waals surface area contributed by atoms with Gasteiger partial charge in [-0.05, 0) is 22.0 Å². The van der Waals surface area contributed by atoms with Crippen molar-refractivity contribution in [2.24, 2.45) is 5.73 Å². The molecule has 1 aromatic carbocycles. The minimum absolute atomic E-state index is 0.0116. The van der Waals surface area contributed by atoms with Gasteiger partial charge in [0.2, 0.25) is 5.82 Å². The average molecular weight is 308 g/mol. The van der Waals surface area contributed by atoms with Crippen LogP contribution in [-0.4, -0.2) is 23.3 Å². The van der Waals surface area contributed by atoms with E-state index in [0.29, 0.717) is 0 Å². The van der Waals surface area contributed by atoms with Crippen molar-refractivity contribution in [1.29, 1.82) is 0 Å². The van der Waals surface area contributed by atoms with Gasteiger partial charge in [-0.15, -0.1) is 0 Å². The van der Waals surface area contributed by atoms with Crippen molar-refractivity contribution < 1.29 is 24.1 Å². The molecule has 17 heavy (non-hydrogen) atoms. The highest BCUT2D eigenvalue weighted by Crippen LogP contribution is 2.39. The number of carboxylic acid groups (broad SMARTS) is 1. The van der Waals surface area contributed by atoms with E-state index in [2.05, 4.69) is 15.9 Å². The summed E-state index contributed by atoms with van der Waals surface area (Å²) < 4.78 is 18.6. The lowest BCUT2D eigenvalue weighted by molar-refractivity contribution is -0.137. The van der Waals surface area contributed by atoms with Crippen LogP contribution in [0.5, 0.6) is 11.5 Å². The van der Waals surface area contributed by atoms with Crippen LogP contribution in [0, 0.1) is 5.82 Å². The number of phenolic OH excluding ortho intramolecular Hbond substituents is 1. The summed E-state index contributed by atoms with van der Waals surface area (Å²) in [4.78, 5) is 10.5. The fourth-order valence-electron chi connectivity index (χ4n) is 1.38. The second kappa shape index (κ2) is 5.33. The number of halogens is 2. The Morgan fingerprint density at radius 3 is 2.76 bits per heavy atom. The summed E-state index contributed by atoms with van der Waals surface area (Å²) in [7, 11) is 1.25. The Hall–Kier alpha value is -1.34. The smallest absolute Gasteiger partial charge is 0.305 e. The highest BCUT2D eigenvalue weighted by atomic mass is 79.9. The molecule has 0 radical (unpaired) electrons. The van der Waals surface area contributed by atoms with Gasteiger partial charge in [0.25, 0.3) is 0 Å². The molecule has 5 nitrogen and oxygen atoms in total. The Morgan fingerprint density at radius 2 is 2.29 bits per heavy atom. The first kappa shape index (κ1) is 13.7. The lowest BCUT2D eigenvalue weighted by Crippen LogP contribution is -2.15. The molecule has 0 aliphatic carbocycles. The Labute approximate surface area is 105 Å². The van der Waals surface area contributed by atoms with Gasteiger partial charge in [-0.3, -0.25) is 4.79 Å². The molecule has 0 aliphatic heterocycles. The average Bonchev–Trinajstić information content (AvgIpc) is 2.23. The van der Waals surface area contributed by atoms with Crippen molar-refractivity contribution in [3.63, 3.8) is 0 Å². The van der Waals surface area contributed by atoms with Gasteiger partial charge in [-0.25, -0.2) is 0 Å². The third-order valence-electron chi connectivity index (χ3n) is 2.18. The maximum atomic E-state index is 13.6. The molecular formula is C10H11BrFNO4. The number of ether oxygens (including phenoxy) is 1. The number of rotatable bonds is 4. The van der Waals surface area contributed by atoms with E-state index in [9.17, 15) is 14.3 Å². The largest absolute Gasteiger partial charge is 0.504 e. The molecule has 1 unspecified atom stereocenters. The Balaban J connectivity index is 3.22. The quantitative estimate of drug-likeness (QED) is 0.788. The lowest BCUT2D eigenvalue weighted by Gasteiger charge is -2.15. The van der Waals surface area contributed by atoms with Crippen LogP contribution >= 0.6 is 15.9 Å². The summed E-state index contributed by atoms with van der Waals surface area (Å²) in [5.74, 6) is -2.96. The van der Waals surface area contributed by atoms with E-state index in [0.717, 1.165) is 0 Å². The monoisotopic (exact) mass is 307 g/mol. The van der Waals surface area contributed by atoms with Crippen LogP contribution in [0.2, 0.25) is 0 Å². The molecule has 0 bridgehead atoms. The standard InChI is InChI=1S/C10H11BrFNO4/c1-17-10-5(11)2-4(9(16)8(10)12)6(13)3-7(14)15/h2,6,16H,3,13H2,1H3,(H,14,15). The zero-order valence-electron chi connectivity index (χ0n) is 8.91. The van der Waals surface area contributed by atoms with Crippen molar-refractivity contribution in [2.45, 2.75) is 12.5 Å². The number of aliphatic carboxylic acids is 1. The number of phenols is 1. The molecule has 0 amide bonds. The molecule has 1 atom stereocenters. The number of benzene rings is 1. The number of nitrogens with two attached hydrogens (primary N) is 1. The van der Waals surface area contributed by atoms with Crippen LogP contribution in [0.4, 0.5) is 4.39 Å². The van der Waals surface area contributed by atoms with E-state index in [1.54, 1.807) is 0 Å². The van der Waals surface area contributed by atoms with E-state index >= 15 is 0 Å². The number of methoxy groups -OCH3 is 1. The zero-order valence-corrected chi connectivity index (χ0v) is 10.5. The summed E-state index contributed by atoms with van der Waals surface area (Å²) in [6, 6.07) is 0.342. The van der Waals surface area contributed by atoms with E-state index < -0.39 is 30.0 Å². The summed E-state index contributed by atoms with van der Waals surface area (Å²) >= 11 is 3.05. The van der Waals surface area contributed by atoms with Crippen LogP contribution in [0.25, 0.3) is 0 Å². The van der Waals surface area contributed by atoms with Crippen LogP contribution in [0.15, 0.2) is 10.5 Å². The van der Waals surface area contributed by atoms with Gasteiger partial charge < -0.3 is 20.7 Å². The summed E-state index contributed by atoms with van der Waals surface area (Å²) in [6.07, 6.45) is -0.411. The third-order valence-corrected chi connectivity index (χ3v) is 2.77. The van der Waals surface area contributed by atoms with Gasteiger partial charge >= 0.3 is 5.97 Å². The molecule has 0 aromatic heterocycles. The van der Waals surface area contributed by atoms with Crippen LogP contribution < -0.4 is 10.5 Å². The van der Waals surface area contributed by atoms with Crippen molar-refractivity contribution >= 4 is 21.9 Å². The first-order chi connectivity index (χ1) is 7.88. The number of carbonyl (C=O) groups is 1. The fraction of sp³-hybridized carbons (Fsp3) is 0.300. The van der Waals surface area contributed by atoms with Gasteiger partial charge in [0, 0.05) is 11.6 Å². The first-order valence-electron chi connectivity index (χ1n) is 4.60. The number of hydrogen-bond donors (Lipinski definition) is 3. The molecule has 0 fully saturated rings. The SMILES string of the molecule is COc1c(Br)cc(C(N)CC(=O)O)c(O)c1F. The number of aromatic hydroxyl groups is 1. The van der Waals surface area contributed by atoms with Gasteiger partial charge in [0.05, 0.1) is 18.0 Å². The minimum Gasteiger partial charge on any atom is -0.504 e. The third kappa shape index (κ3) is 2.86. The Kier molecular flexibility index (Phi) is 4.30. The summed E-state index contributed by atoms with van der Waals surface area (Å²) in [6.45, 7) is 0. The van der Waals surface area contributed by atoms with E-state index in [1.165, 1.54) is 13.2 Å². The molecule has 0 aliphatic rings. The van der Waals surface area contributed by atoms with Crippen LogP contribution in [0.1, 0.15) is 18.0 Å². The van der Waals surface area contributed by atoms with E-state index in [1.807, 2.05) is 0 Å². The number of carboxylic acids is 1. The molecular weight excluding hydrogens is 297 g/mol. The predicted molar refractivity (Wildman–Crippen MR) is 61.5 cm³/mol. The summed E-state index contributed by atoms with van der Waals surface area (Å²) in [5, 5.41) is 18.2. The fourth-order valence-corrected chi connectivity index (χ4v) is 1.96. The molecule has 4 N–H and O–H groups in total. The Morgan fingerprint density at radius 1 is 1.71 bits per heavy atom. The molecule has 1 aromatic rings. The molecule has 94 valence electrons. The number of hydrogen-bond acceptors (Lipinski definition) is 4. The molecule has 0 heterocycles. The van der Waals surface area contributed by atoms with Gasteiger partial charge in [0.15, 0.2) is 11.5 Å². The zero-order chi connectivity index (χ0) is 13.2. The molecule has 1 rings (SSSR count). The second-order valence-electron chi connectivity index (χ2n) is 3.35. The first-order valence-corrected chi connectivity index (χ1v) is 5.40. The van der Waals surface area contributed by atoms with E-state index in [-0.39, 0.29) is 15.8 Å². The van der Waals surface area contributed by atoms with Crippen LogP contribution in [0.3, 0.4) is 0 Å². The summed E-state index contributed by atoms with van der Waals surface area (Å²) in [5.41, 5.74) is 5.57.